The Hall–Kier alpha value is -1.32. The summed E-state index contributed by atoms with van der Waals surface area (Å²) in [6.07, 6.45) is 1.35. The Morgan fingerprint density at radius 3 is 2.75 bits per heavy atom. The van der Waals surface area contributed by atoms with Gasteiger partial charge >= 0.3 is 0 Å². The lowest BCUT2D eigenvalue weighted by Crippen LogP contribution is -2.06. The van der Waals surface area contributed by atoms with Crippen molar-refractivity contribution < 1.29 is 9.13 Å². The van der Waals surface area contributed by atoms with Crippen LogP contribution in [-0.4, -0.2) is 11.1 Å². The summed E-state index contributed by atoms with van der Waals surface area (Å²) in [5.74, 6) is -0.171. The van der Waals surface area contributed by atoms with Crippen molar-refractivity contribution in [3.8, 4) is 5.75 Å². The van der Waals surface area contributed by atoms with E-state index in [1.165, 1.54) is 12.3 Å². The third-order valence-corrected chi connectivity index (χ3v) is 1.21. The van der Waals surface area contributed by atoms with Gasteiger partial charge in [-0.05, 0) is 13.8 Å². The average Bonchev–Trinajstić information content (AvgIpc) is 1.96. The van der Waals surface area contributed by atoms with Crippen LogP contribution in [0.2, 0.25) is 0 Å². The molecule has 0 fully saturated rings. The lowest BCUT2D eigenvalue weighted by molar-refractivity contribution is 0.241. The molecule has 0 aliphatic heterocycles. The van der Waals surface area contributed by atoms with Crippen LogP contribution in [0.3, 0.4) is 0 Å². The second-order valence-electron chi connectivity index (χ2n) is 2.72. The molecule has 0 saturated carbocycles. The van der Waals surface area contributed by atoms with Gasteiger partial charge in [0.05, 0.1) is 18.0 Å². The van der Waals surface area contributed by atoms with Crippen LogP contribution in [0, 0.1) is 5.95 Å². The van der Waals surface area contributed by atoms with Gasteiger partial charge in [-0.25, -0.2) is 4.98 Å². The summed E-state index contributed by atoms with van der Waals surface area (Å²) in [4.78, 5) is 3.42. The lowest BCUT2D eigenvalue weighted by atomic mass is 10.4. The highest BCUT2D eigenvalue weighted by atomic mass is 19.1. The molecule has 3 nitrogen and oxygen atoms in total. The first-order valence-corrected chi connectivity index (χ1v) is 3.67. The molecule has 12 heavy (non-hydrogen) atoms. The van der Waals surface area contributed by atoms with Crippen molar-refractivity contribution >= 4 is 5.69 Å². The molecular formula is C8H11FN2O. The Labute approximate surface area is 70.4 Å². The largest absolute Gasteiger partial charge is 0.489 e. The zero-order chi connectivity index (χ0) is 9.14. The number of nitrogens with two attached hydrogens (primary N) is 1. The topological polar surface area (TPSA) is 48.1 Å². The van der Waals surface area contributed by atoms with Gasteiger partial charge in [0.2, 0.25) is 5.95 Å². The van der Waals surface area contributed by atoms with Gasteiger partial charge in [0, 0.05) is 6.07 Å². The minimum Gasteiger partial charge on any atom is -0.489 e. The van der Waals surface area contributed by atoms with Gasteiger partial charge in [0.15, 0.2) is 0 Å². The SMILES string of the molecule is CC(C)Oc1cnc(F)c(N)c1. The lowest BCUT2D eigenvalue weighted by Gasteiger charge is -2.09. The predicted molar refractivity (Wildman–Crippen MR) is 44.4 cm³/mol. The number of pyridine rings is 1. The van der Waals surface area contributed by atoms with Crippen LogP contribution in [-0.2, 0) is 0 Å². The number of halogens is 1. The van der Waals surface area contributed by atoms with E-state index in [9.17, 15) is 4.39 Å². The van der Waals surface area contributed by atoms with Crippen LogP contribution in [0.1, 0.15) is 13.8 Å². The van der Waals surface area contributed by atoms with Crippen molar-refractivity contribution in [1.82, 2.24) is 4.98 Å². The minimum absolute atomic E-state index is 0.00755. The van der Waals surface area contributed by atoms with E-state index in [-0.39, 0.29) is 11.8 Å². The summed E-state index contributed by atoms with van der Waals surface area (Å²) in [6, 6.07) is 1.42. The number of nitrogens with zero attached hydrogens (tertiary/aromatic N) is 1. The molecule has 4 heteroatoms. The summed E-state index contributed by atoms with van der Waals surface area (Å²) in [6.45, 7) is 3.75. The second-order valence-corrected chi connectivity index (χ2v) is 2.72. The van der Waals surface area contributed by atoms with E-state index in [0.29, 0.717) is 5.75 Å². The van der Waals surface area contributed by atoms with E-state index >= 15 is 0 Å². The van der Waals surface area contributed by atoms with E-state index in [4.69, 9.17) is 10.5 Å². The van der Waals surface area contributed by atoms with E-state index < -0.39 is 5.95 Å². The van der Waals surface area contributed by atoms with Crippen LogP contribution >= 0.6 is 0 Å². The highest BCUT2D eigenvalue weighted by Crippen LogP contribution is 2.16. The Balaban J connectivity index is 2.82. The van der Waals surface area contributed by atoms with Crippen LogP contribution in [0.5, 0.6) is 5.75 Å². The van der Waals surface area contributed by atoms with Gasteiger partial charge in [-0.15, -0.1) is 0 Å². The molecule has 0 aliphatic carbocycles. The third-order valence-electron chi connectivity index (χ3n) is 1.21. The fourth-order valence-corrected chi connectivity index (χ4v) is 0.782. The van der Waals surface area contributed by atoms with E-state index in [0.717, 1.165) is 0 Å². The van der Waals surface area contributed by atoms with E-state index in [1.807, 2.05) is 13.8 Å². The molecule has 66 valence electrons. The molecule has 0 spiro atoms. The van der Waals surface area contributed by atoms with Gasteiger partial charge in [-0.2, -0.15) is 4.39 Å². The van der Waals surface area contributed by atoms with Crippen molar-refractivity contribution in [2.45, 2.75) is 20.0 Å². The molecule has 0 atom stereocenters. The monoisotopic (exact) mass is 170 g/mol. The molecule has 0 radical (unpaired) electrons. The number of hydrogen-bond acceptors (Lipinski definition) is 3. The summed E-state index contributed by atoms with van der Waals surface area (Å²) >= 11 is 0. The molecule has 0 bridgehead atoms. The molecule has 1 rings (SSSR count). The van der Waals surface area contributed by atoms with Gasteiger partial charge in [0.25, 0.3) is 0 Å². The number of nitrogen functional groups attached to an aromatic ring is 1. The summed E-state index contributed by atoms with van der Waals surface area (Å²) in [5, 5.41) is 0. The molecule has 2 N–H and O–H groups in total. The fraction of sp³-hybridized carbons (Fsp3) is 0.375. The van der Waals surface area contributed by atoms with Gasteiger partial charge < -0.3 is 10.5 Å². The van der Waals surface area contributed by atoms with Crippen molar-refractivity contribution in [2.75, 3.05) is 5.73 Å². The normalized spacial score (nSPS) is 10.3. The van der Waals surface area contributed by atoms with E-state index in [1.54, 1.807) is 0 Å². The van der Waals surface area contributed by atoms with Crippen molar-refractivity contribution in [2.24, 2.45) is 0 Å². The maximum Gasteiger partial charge on any atom is 0.236 e. The number of anilines is 1. The van der Waals surface area contributed by atoms with Crippen LogP contribution in [0.15, 0.2) is 12.3 Å². The van der Waals surface area contributed by atoms with Gasteiger partial charge in [-0.3, -0.25) is 0 Å². The van der Waals surface area contributed by atoms with E-state index in [2.05, 4.69) is 4.98 Å². The molecular weight excluding hydrogens is 159 g/mol. The van der Waals surface area contributed by atoms with Gasteiger partial charge in [-0.1, -0.05) is 0 Å². The number of ether oxygens (including phenoxy) is 1. The average molecular weight is 170 g/mol. The van der Waals surface area contributed by atoms with Gasteiger partial charge in [0.1, 0.15) is 5.75 Å². The molecule has 0 amide bonds. The first kappa shape index (κ1) is 8.77. The summed E-state index contributed by atoms with van der Waals surface area (Å²) in [7, 11) is 0. The molecule has 0 unspecified atom stereocenters. The zero-order valence-corrected chi connectivity index (χ0v) is 7.04. The summed E-state index contributed by atoms with van der Waals surface area (Å²) in [5.41, 5.74) is 5.29. The third kappa shape index (κ3) is 2.08. The molecule has 0 saturated heterocycles. The van der Waals surface area contributed by atoms with Crippen molar-refractivity contribution in [3.63, 3.8) is 0 Å². The number of hydrogen-bond donors (Lipinski definition) is 1. The second kappa shape index (κ2) is 3.38. The standard InChI is InChI=1S/C8H11FN2O/c1-5(2)12-6-3-7(10)8(9)11-4-6/h3-5H,10H2,1-2H3. The Morgan fingerprint density at radius 2 is 2.25 bits per heavy atom. The molecule has 1 heterocycles. The molecule has 1 aromatic rings. The van der Waals surface area contributed by atoms with Crippen molar-refractivity contribution in [1.29, 1.82) is 0 Å². The Morgan fingerprint density at radius 1 is 1.58 bits per heavy atom. The number of rotatable bonds is 2. The summed E-state index contributed by atoms with van der Waals surface area (Å²) < 4.78 is 17.8. The minimum atomic E-state index is -0.661. The first-order valence-electron chi connectivity index (χ1n) is 3.67. The van der Waals surface area contributed by atoms with Crippen LogP contribution in [0.25, 0.3) is 0 Å². The molecule has 0 aromatic carbocycles. The smallest absolute Gasteiger partial charge is 0.236 e. The van der Waals surface area contributed by atoms with Crippen LogP contribution in [0.4, 0.5) is 10.1 Å². The highest BCUT2D eigenvalue weighted by Gasteiger charge is 2.02. The quantitative estimate of drug-likeness (QED) is 0.685. The Kier molecular flexibility index (Phi) is 2.47. The van der Waals surface area contributed by atoms with Crippen LogP contribution < -0.4 is 10.5 Å². The fourth-order valence-electron chi connectivity index (χ4n) is 0.782. The maximum atomic E-state index is 12.5. The maximum absolute atomic E-state index is 12.5. The number of aromatic nitrogens is 1. The Bertz CT molecular complexity index is 276. The zero-order valence-electron chi connectivity index (χ0n) is 7.04. The molecule has 0 aliphatic rings. The van der Waals surface area contributed by atoms with Crippen molar-refractivity contribution in [3.05, 3.63) is 18.2 Å². The molecule has 1 aromatic heterocycles. The first-order chi connectivity index (χ1) is 5.59. The highest BCUT2D eigenvalue weighted by molar-refractivity contribution is 5.41. The predicted octanol–water partition coefficient (Wildman–Crippen LogP) is 1.59.